The van der Waals surface area contributed by atoms with Crippen molar-refractivity contribution in [3.8, 4) is 11.5 Å². The lowest BCUT2D eigenvalue weighted by Gasteiger charge is -2.22. The van der Waals surface area contributed by atoms with Crippen LogP contribution in [0.2, 0.25) is 0 Å². The van der Waals surface area contributed by atoms with Crippen LogP contribution >= 0.6 is 0 Å². The van der Waals surface area contributed by atoms with Crippen LogP contribution in [-0.4, -0.2) is 63.3 Å². The number of nitrogens with zero attached hydrogens (tertiary/aromatic N) is 2. The van der Waals surface area contributed by atoms with Gasteiger partial charge in [0.2, 0.25) is 0 Å². The van der Waals surface area contributed by atoms with Crippen molar-refractivity contribution < 1.29 is 23.0 Å². The Morgan fingerprint density at radius 3 is 2.74 bits per heavy atom. The fourth-order valence-corrected chi connectivity index (χ4v) is 5.14. The molecule has 0 unspecified atom stereocenters. The number of hydrogen-bond acceptors (Lipinski definition) is 6. The number of hydrogen-bond donors (Lipinski definition) is 3. The second-order valence-corrected chi connectivity index (χ2v) is 10.7. The highest BCUT2D eigenvalue weighted by Crippen LogP contribution is 2.38. The largest absolute Gasteiger partial charge is 0.492 e. The van der Waals surface area contributed by atoms with Gasteiger partial charge in [0.05, 0.1) is 17.3 Å². The van der Waals surface area contributed by atoms with Gasteiger partial charge in [-0.1, -0.05) is 24.3 Å². The lowest BCUT2D eigenvalue weighted by molar-refractivity contribution is 0.172. The van der Waals surface area contributed by atoms with Crippen molar-refractivity contribution in [1.29, 1.82) is 0 Å². The maximum atomic E-state index is 12.5. The molecule has 2 heterocycles. The van der Waals surface area contributed by atoms with E-state index in [9.17, 15) is 13.5 Å². The van der Waals surface area contributed by atoms with Crippen LogP contribution in [0.25, 0.3) is 21.8 Å². The first kappa shape index (κ1) is 23.4. The summed E-state index contributed by atoms with van der Waals surface area (Å²) in [4.78, 5) is 3.41. The first-order valence-electron chi connectivity index (χ1n) is 11.3. The summed E-state index contributed by atoms with van der Waals surface area (Å²) in [7, 11) is -0.742. The molecule has 5 rings (SSSR count). The number of rotatable bonds is 9. The second-order valence-electron chi connectivity index (χ2n) is 8.59. The van der Waals surface area contributed by atoms with Gasteiger partial charge >= 0.3 is 10.2 Å². The van der Waals surface area contributed by atoms with E-state index in [0.29, 0.717) is 36.7 Å². The summed E-state index contributed by atoms with van der Waals surface area (Å²) in [6.07, 6.45) is -0.812. The molecule has 1 aromatic heterocycles. The fourth-order valence-electron chi connectivity index (χ4n) is 4.17. The molecule has 184 valence electrons. The maximum Gasteiger partial charge on any atom is 0.306 e. The molecular weight excluding hydrogens is 468 g/mol. The van der Waals surface area contributed by atoms with Gasteiger partial charge in [-0.25, -0.2) is 4.31 Å². The maximum absolute atomic E-state index is 12.5. The topological polar surface area (TPSA) is 107 Å². The molecule has 0 spiro atoms. The van der Waals surface area contributed by atoms with E-state index < -0.39 is 16.3 Å². The number of ether oxygens (including phenoxy) is 2. The molecular formula is C25H28N4O5S. The van der Waals surface area contributed by atoms with Crippen LogP contribution in [0.15, 0.2) is 60.7 Å². The average Bonchev–Trinajstić information content (AvgIpc) is 3.44. The summed E-state index contributed by atoms with van der Waals surface area (Å²) in [5, 5.41) is 16.2. The second kappa shape index (κ2) is 9.38. The van der Waals surface area contributed by atoms with Gasteiger partial charge in [0.15, 0.2) is 6.73 Å². The molecule has 0 fully saturated rings. The molecule has 0 saturated carbocycles. The molecule has 4 aromatic rings. The minimum Gasteiger partial charge on any atom is -0.492 e. The van der Waals surface area contributed by atoms with Gasteiger partial charge in [-0.3, -0.25) is 0 Å². The Morgan fingerprint density at radius 2 is 1.91 bits per heavy atom. The molecule has 1 aliphatic heterocycles. The van der Waals surface area contributed by atoms with Gasteiger partial charge in [-0.15, -0.1) is 0 Å². The Labute approximate surface area is 204 Å². The number of fused-ring (bicyclic) bond motifs is 4. The van der Waals surface area contributed by atoms with E-state index in [1.807, 2.05) is 24.3 Å². The zero-order valence-corrected chi connectivity index (χ0v) is 20.4. The minimum absolute atomic E-state index is 0.0880. The van der Waals surface area contributed by atoms with Gasteiger partial charge in [0, 0.05) is 49.5 Å². The molecule has 0 aliphatic carbocycles. The van der Waals surface area contributed by atoms with Gasteiger partial charge in [-0.05, 0) is 35.9 Å². The summed E-state index contributed by atoms with van der Waals surface area (Å²) < 4.78 is 38.7. The highest BCUT2D eigenvalue weighted by molar-refractivity contribution is 7.90. The van der Waals surface area contributed by atoms with Gasteiger partial charge in [-0.2, -0.15) is 12.7 Å². The predicted molar refractivity (Wildman–Crippen MR) is 136 cm³/mol. The molecule has 3 aromatic carbocycles. The number of aromatic nitrogens is 1. The van der Waals surface area contributed by atoms with Gasteiger partial charge in [0.25, 0.3) is 0 Å². The highest BCUT2D eigenvalue weighted by Gasteiger charge is 2.33. The van der Waals surface area contributed by atoms with Crippen molar-refractivity contribution in [2.24, 2.45) is 0 Å². The number of nitrogens with one attached hydrogen (secondary N) is 2. The zero-order valence-electron chi connectivity index (χ0n) is 19.6. The van der Waals surface area contributed by atoms with Crippen LogP contribution in [0.5, 0.6) is 11.5 Å². The Morgan fingerprint density at radius 1 is 1.11 bits per heavy atom. The molecule has 0 amide bonds. The number of benzene rings is 3. The van der Waals surface area contributed by atoms with Crippen LogP contribution in [0, 0.1) is 0 Å². The SMILES string of the molecule is CN(C)S(=O)(=O)N1COc2ccc([C@@H](O)CNCCOc3ccc4c(c3)[nH]c3ccccc34)cc21. The van der Waals surface area contributed by atoms with Crippen LogP contribution in [-0.2, 0) is 10.2 Å². The molecule has 1 atom stereocenters. The van der Waals surface area contributed by atoms with Crippen LogP contribution in [0.3, 0.4) is 0 Å². The van der Waals surface area contributed by atoms with E-state index in [1.54, 1.807) is 18.2 Å². The number of aromatic amines is 1. The summed E-state index contributed by atoms with van der Waals surface area (Å²) in [5.41, 5.74) is 3.14. The van der Waals surface area contributed by atoms with E-state index in [0.717, 1.165) is 26.5 Å². The Balaban J connectivity index is 1.15. The molecule has 1 aliphatic rings. The van der Waals surface area contributed by atoms with Crippen molar-refractivity contribution in [3.05, 3.63) is 66.2 Å². The first-order chi connectivity index (χ1) is 16.8. The quantitative estimate of drug-likeness (QED) is 0.308. The number of H-pyrrole nitrogens is 1. The standard InChI is InChI=1S/C25H28N4O5S/c1-28(2)35(31,32)29-16-34-25-10-7-17(13-23(25)29)24(30)15-26-11-12-33-18-8-9-20-19-5-3-4-6-21(19)27-22(20)14-18/h3-10,13-14,24,26-27,30H,11-12,15-16H2,1-2H3/t24-/m0/s1. The lowest BCUT2D eigenvalue weighted by atomic mass is 10.1. The number of anilines is 1. The Kier molecular flexibility index (Phi) is 6.28. The van der Waals surface area contributed by atoms with Gasteiger partial charge in [0.1, 0.15) is 18.1 Å². The zero-order chi connectivity index (χ0) is 24.6. The smallest absolute Gasteiger partial charge is 0.306 e. The van der Waals surface area contributed by atoms with Crippen molar-refractivity contribution in [3.63, 3.8) is 0 Å². The average molecular weight is 497 g/mol. The Hall–Kier alpha value is -3.31. The van der Waals surface area contributed by atoms with Crippen LogP contribution in [0.4, 0.5) is 5.69 Å². The molecule has 9 nitrogen and oxygen atoms in total. The third-order valence-electron chi connectivity index (χ3n) is 6.08. The highest BCUT2D eigenvalue weighted by atomic mass is 32.2. The molecule has 3 N–H and O–H groups in total. The molecule has 35 heavy (non-hydrogen) atoms. The Bertz CT molecular complexity index is 1470. The van der Waals surface area contributed by atoms with E-state index in [4.69, 9.17) is 9.47 Å². The molecule has 0 saturated heterocycles. The summed E-state index contributed by atoms with van der Waals surface area (Å²) in [5.74, 6) is 1.24. The number of para-hydroxylation sites is 1. The summed E-state index contributed by atoms with van der Waals surface area (Å²) >= 11 is 0. The van der Waals surface area contributed by atoms with E-state index in [2.05, 4.69) is 28.5 Å². The fraction of sp³-hybridized carbons (Fsp3) is 0.280. The van der Waals surface area contributed by atoms with Crippen molar-refractivity contribution in [2.75, 3.05) is 44.8 Å². The summed E-state index contributed by atoms with van der Waals surface area (Å²) in [6, 6.07) is 19.3. The van der Waals surface area contributed by atoms with Crippen molar-refractivity contribution >= 4 is 37.7 Å². The number of aliphatic hydroxyl groups excluding tert-OH is 1. The summed E-state index contributed by atoms with van der Waals surface area (Å²) in [6.45, 7) is 1.18. The third-order valence-corrected chi connectivity index (χ3v) is 7.86. The van der Waals surface area contributed by atoms with Crippen molar-refractivity contribution in [2.45, 2.75) is 6.10 Å². The van der Waals surface area contributed by atoms with Crippen LogP contribution in [0.1, 0.15) is 11.7 Å². The monoisotopic (exact) mass is 496 g/mol. The third kappa shape index (κ3) is 4.53. The molecule has 0 bridgehead atoms. The lowest BCUT2D eigenvalue weighted by Crippen LogP contribution is -2.39. The number of aliphatic hydroxyl groups is 1. The van der Waals surface area contributed by atoms with E-state index in [-0.39, 0.29) is 6.73 Å². The molecule has 10 heteroatoms. The first-order valence-corrected chi connectivity index (χ1v) is 12.7. The van der Waals surface area contributed by atoms with E-state index >= 15 is 0 Å². The van der Waals surface area contributed by atoms with E-state index in [1.165, 1.54) is 23.8 Å². The minimum atomic E-state index is -3.68. The van der Waals surface area contributed by atoms with Gasteiger partial charge < -0.3 is 24.9 Å². The predicted octanol–water partition coefficient (Wildman–Crippen LogP) is 2.99. The molecule has 0 radical (unpaired) electrons. The van der Waals surface area contributed by atoms with Crippen molar-refractivity contribution in [1.82, 2.24) is 14.6 Å². The normalized spacial score (nSPS) is 14.5. The van der Waals surface area contributed by atoms with Crippen LogP contribution < -0.4 is 19.1 Å².